The minimum Gasteiger partial charge on any atom is -0.497 e. The number of nitrogens with two attached hydrogens (primary N) is 1. The second-order valence-electron chi connectivity index (χ2n) is 4.30. The van der Waals surface area contributed by atoms with Crippen LogP contribution < -0.4 is 15.2 Å². The maximum atomic E-state index is 5.82. The highest BCUT2D eigenvalue weighted by molar-refractivity contribution is 7.13. The van der Waals surface area contributed by atoms with E-state index in [-0.39, 0.29) is 0 Å². The predicted octanol–water partition coefficient (Wildman–Crippen LogP) is 2.80. The van der Waals surface area contributed by atoms with E-state index in [0.29, 0.717) is 11.6 Å². The SMILES string of the molecule is COc1ccc(-c2csc(-c3cn[nH]c3N)n2)c(OC)c1. The van der Waals surface area contributed by atoms with E-state index < -0.39 is 0 Å². The molecule has 0 unspecified atom stereocenters. The van der Waals surface area contributed by atoms with Crippen LogP contribution in [0, 0.1) is 0 Å². The highest BCUT2D eigenvalue weighted by Crippen LogP contribution is 2.36. The lowest BCUT2D eigenvalue weighted by Crippen LogP contribution is -1.91. The predicted molar refractivity (Wildman–Crippen MR) is 82.6 cm³/mol. The number of benzene rings is 1. The monoisotopic (exact) mass is 302 g/mol. The first kappa shape index (κ1) is 13.4. The fraction of sp³-hybridized carbons (Fsp3) is 0.143. The molecule has 0 aliphatic carbocycles. The topological polar surface area (TPSA) is 86.0 Å². The molecule has 2 aromatic heterocycles. The first-order chi connectivity index (χ1) is 10.2. The highest BCUT2D eigenvalue weighted by Gasteiger charge is 2.14. The van der Waals surface area contributed by atoms with E-state index in [0.717, 1.165) is 27.6 Å². The number of methoxy groups -OCH3 is 2. The van der Waals surface area contributed by atoms with Crippen LogP contribution in [0.5, 0.6) is 11.5 Å². The Morgan fingerprint density at radius 3 is 2.71 bits per heavy atom. The van der Waals surface area contributed by atoms with Gasteiger partial charge in [-0.3, -0.25) is 5.10 Å². The van der Waals surface area contributed by atoms with E-state index in [1.165, 1.54) is 11.3 Å². The number of aromatic amines is 1. The number of nitrogens with zero attached hydrogens (tertiary/aromatic N) is 2. The average molecular weight is 302 g/mol. The molecule has 0 bridgehead atoms. The number of anilines is 1. The molecule has 21 heavy (non-hydrogen) atoms. The number of H-pyrrole nitrogens is 1. The lowest BCUT2D eigenvalue weighted by Gasteiger charge is -2.08. The summed E-state index contributed by atoms with van der Waals surface area (Å²) >= 11 is 1.51. The number of hydrogen-bond donors (Lipinski definition) is 2. The summed E-state index contributed by atoms with van der Waals surface area (Å²) in [5, 5.41) is 9.40. The molecule has 0 fully saturated rings. The number of ether oxygens (including phenoxy) is 2. The summed E-state index contributed by atoms with van der Waals surface area (Å²) in [5.74, 6) is 1.97. The van der Waals surface area contributed by atoms with Gasteiger partial charge in [-0.25, -0.2) is 4.98 Å². The molecule has 0 amide bonds. The van der Waals surface area contributed by atoms with Crippen molar-refractivity contribution in [3.63, 3.8) is 0 Å². The fourth-order valence-corrected chi connectivity index (χ4v) is 2.84. The fourth-order valence-electron chi connectivity index (χ4n) is 2.00. The van der Waals surface area contributed by atoms with Crippen LogP contribution >= 0.6 is 11.3 Å². The van der Waals surface area contributed by atoms with Crippen molar-refractivity contribution in [2.45, 2.75) is 0 Å². The standard InChI is InChI=1S/C14H14N4O2S/c1-19-8-3-4-9(12(5-8)20-2)11-7-21-14(17-11)10-6-16-18-13(10)15/h3-7H,1-2H3,(H3,15,16,18). The van der Waals surface area contributed by atoms with Gasteiger partial charge in [0.2, 0.25) is 0 Å². The average Bonchev–Trinajstić information content (AvgIpc) is 3.15. The van der Waals surface area contributed by atoms with Crippen LogP contribution in [0.25, 0.3) is 21.8 Å². The molecular weight excluding hydrogens is 288 g/mol. The Bertz CT molecular complexity index is 766. The van der Waals surface area contributed by atoms with Gasteiger partial charge in [0.25, 0.3) is 0 Å². The maximum absolute atomic E-state index is 5.82. The van der Waals surface area contributed by atoms with Gasteiger partial charge in [0.1, 0.15) is 22.3 Å². The van der Waals surface area contributed by atoms with Crippen molar-refractivity contribution >= 4 is 17.2 Å². The smallest absolute Gasteiger partial charge is 0.131 e. The first-order valence-electron chi connectivity index (χ1n) is 6.20. The van der Waals surface area contributed by atoms with Crippen molar-refractivity contribution in [2.24, 2.45) is 0 Å². The van der Waals surface area contributed by atoms with Gasteiger partial charge in [-0.1, -0.05) is 0 Å². The third kappa shape index (κ3) is 2.43. The normalized spacial score (nSPS) is 10.6. The van der Waals surface area contributed by atoms with Gasteiger partial charge in [0.05, 0.1) is 31.7 Å². The Balaban J connectivity index is 2.02. The van der Waals surface area contributed by atoms with Crippen LogP contribution in [0.15, 0.2) is 29.8 Å². The number of thiazole rings is 1. The van der Waals surface area contributed by atoms with E-state index in [4.69, 9.17) is 15.2 Å². The number of aromatic nitrogens is 3. The molecule has 7 heteroatoms. The van der Waals surface area contributed by atoms with E-state index >= 15 is 0 Å². The van der Waals surface area contributed by atoms with Gasteiger partial charge in [-0.2, -0.15) is 5.10 Å². The Kier molecular flexibility index (Phi) is 3.49. The molecule has 108 valence electrons. The molecule has 6 nitrogen and oxygen atoms in total. The van der Waals surface area contributed by atoms with Crippen LogP contribution in [0.1, 0.15) is 0 Å². The minimum absolute atomic E-state index is 0.512. The van der Waals surface area contributed by atoms with Crippen LogP contribution in [-0.2, 0) is 0 Å². The van der Waals surface area contributed by atoms with Gasteiger partial charge in [-0.15, -0.1) is 11.3 Å². The second kappa shape index (κ2) is 5.45. The molecule has 1 aromatic carbocycles. The lowest BCUT2D eigenvalue weighted by molar-refractivity contribution is 0.395. The Hall–Kier alpha value is -2.54. The van der Waals surface area contributed by atoms with Gasteiger partial charge in [0, 0.05) is 17.0 Å². The largest absolute Gasteiger partial charge is 0.497 e. The highest BCUT2D eigenvalue weighted by atomic mass is 32.1. The first-order valence-corrected chi connectivity index (χ1v) is 7.08. The minimum atomic E-state index is 0.512. The van der Waals surface area contributed by atoms with Gasteiger partial charge in [-0.05, 0) is 12.1 Å². The van der Waals surface area contributed by atoms with E-state index in [2.05, 4.69) is 15.2 Å². The van der Waals surface area contributed by atoms with Gasteiger partial charge in [0.15, 0.2) is 0 Å². The summed E-state index contributed by atoms with van der Waals surface area (Å²) in [6, 6.07) is 5.64. The summed E-state index contributed by atoms with van der Waals surface area (Å²) in [7, 11) is 3.25. The van der Waals surface area contributed by atoms with Crippen LogP contribution in [0.2, 0.25) is 0 Å². The molecule has 0 aliphatic rings. The third-order valence-corrected chi connectivity index (χ3v) is 3.96. The van der Waals surface area contributed by atoms with E-state index in [1.807, 2.05) is 23.6 Å². The molecule has 0 radical (unpaired) electrons. The summed E-state index contributed by atoms with van der Waals surface area (Å²) in [5.41, 5.74) is 8.36. The van der Waals surface area contributed by atoms with Crippen molar-refractivity contribution in [3.8, 4) is 33.3 Å². The molecular formula is C14H14N4O2S. The molecule has 3 rings (SSSR count). The van der Waals surface area contributed by atoms with Crippen molar-refractivity contribution < 1.29 is 9.47 Å². The van der Waals surface area contributed by atoms with Crippen LogP contribution in [0.4, 0.5) is 5.82 Å². The van der Waals surface area contributed by atoms with Crippen LogP contribution in [-0.4, -0.2) is 29.4 Å². The molecule has 0 spiro atoms. The molecule has 2 heterocycles. The second-order valence-corrected chi connectivity index (χ2v) is 5.16. The molecule has 3 N–H and O–H groups in total. The van der Waals surface area contributed by atoms with Crippen LogP contribution in [0.3, 0.4) is 0 Å². The number of rotatable bonds is 4. The molecule has 0 aliphatic heterocycles. The van der Waals surface area contributed by atoms with Crippen molar-refractivity contribution in [2.75, 3.05) is 20.0 Å². The molecule has 3 aromatic rings. The molecule has 0 saturated carbocycles. The summed E-state index contributed by atoms with van der Waals surface area (Å²) in [4.78, 5) is 4.61. The van der Waals surface area contributed by atoms with Gasteiger partial charge < -0.3 is 15.2 Å². The Labute approximate surface area is 125 Å². The summed E-state index contributed by atoms with van der Waals surface area (Å²) in [6.45, 7) is 0. The lowest BCUT2D eigenvalue weighted by atomic mass is 10.1. The Morgan fingerprint density at radius 1 is 1.19 bits per heavy atom. The summed E-state index contributed by atoms with van der Waals surface area (Å²) in [6.07, 6.45) is 1.67. The molecule has 0 saturated heterocycles. The Morgan fingerprint density at radius 2 is 2.05 bits per heavy atom. The van der Waals surface area contributed by atoms with Crippen molar-refractivity contribution in [1.29, 1.82) is 0 Å². The van der Waals surface area contributed by atoms with Crippen molar-refractivity contribution in [3.05, 3.63) is 29.8 Å². The van der Waals surface area contributed by atoms with Crippen molar-refractivity contribution in [1.82, 2.24) is 15.2 Å². The zero-order valence-corrected chi connectivity index (χ0v) is 12.4. The zero-order valence-electron chi connectivity index (χ0n) is 11.6. The zero-order chi connectivity index (χ0) is 14.8. The van der Waals surface area contributed by atoms with E-state index in [1.54, 1.807) is 20.4 Å². The molecule has 0 atom stereocenters. The maximum Gasteiger partial charge on any atom is 0.131 e. The quantitative estimate of drug-likeness (QED) is 0.774. The number of hydrogen-bond acceptors (Lipinski definition) is 6. The number of nitrogen functional groups attached to an aromatic ring is 1. The third-order valence-electron chi connectivity index (χ3n) is 3.09. The van der Waals surface area contributed by atoms with E-state index in [9.17, 15) is 0 Å². The number of nitrogens with one attached hydrogen (secondary N) is 1. The summed E-state index contributed by atoms with van der Waals surface area (Å²) < 4.78 is 10.6. The van der Waals surface area contributed by atoms with Gasteiger partial charge >= 0.3 is 0 Å².